The summed E-state index contributed by atoms with van der Waals surface area (Å²) in [6.07, 6.45) is 5.67. The summed E-state index contributed by atoms with van der Waals surface area (Å²) in [6.45, 7) is 2.23. The van der Waals surface area contributed by atoms with Crippen LogP contribution in [0, 0.1) is 0 Å². The lowest BCUT2D eigenvalue weighted by Gasteiger charge is -2.10. The molecule has 2 aromatic rings. The van der Waals surface area contributed by atoms with Crippen LogP contribution >= 0.6 is 27.7 Å². The third-order valence-electron chi connectivity index (χ3n) is 3.41. The van der Waals surface area contributed by atoms with Crippen LogP contribution in [0.15, 0.2) is 22.8 Å². The highest BCUT2D eigenvalue weighted by atomic mass is 79.9. The van der Waals surface area contributed by atoms with E-state index in [9.17, 15) is 0 Å². The first-order valence-electron chi connectivity index (χ1n) is 6.64. The number of halogens is 1. The first-order valence-corrected chi connectivity index (χ1v) is 8.49. The molecular formula is C13H17BrN4S. The Morgan fingerprint density at radius 3 is 3.21 bits per heavy atom. The minimum Gasteiger partial charge on any atom is -0.350 e. The molecule has 1 N–H and O–H groups in total. The molecule has 6 heteroatoms. The van der Waals surface area contributed by atoms with E-state index in [4.69, 9.17) is 0 Å². The Hall–Kier alpha value is -0.750. The summed E-state index contributed by atoms with van der Waals surface area (Å²) >= 11 is 5.51. The number of anilines is 1. The van der Waals surface area contributed by atoms with Crippen molar-refractivity contribution < 1.29 is 0 Å². The van der Waals surface area contributed by atoms with E-state index in [0.29, 0.717) is 6.04 Å². The molecule has 1 aliphatic rings. The molecule has 4 nitrogen and oxygen atoms in total. The number of thioether (sulfide) groups is 1. The zero-order chi connectivity index (χ0) is 13.2. The van der Waals surface area contributed by atoms with Crippen molar-refractivity contribution in [3.8, 4) is 0 Å². The first-order chi connectivity index (χ1) is 9.24. The molecule has 1 fully saturated rings. The van der Waals surface area contributed by atoms with E-state index in [2.05, 4.69) is 50.0 Å². The molecule has 0 bridgehead atoms. The standard InChI is InChI=1S/C13H17BrN4S/c1-2-19-11-5-4-10(7-11)15-13-16-12-6-3-9(14)8-18(12)17-13/h3,6,8,10-11H,2,4-5,7H2,1H3,(H,15,17). The number of hydrogen-bond donors (Lipinski definition) is 1. The maximum atomic E-state index is 4.50. The van der Waals surface area contributed by atoms with Crippen molar-refractivity contribution in [2.45, 2.75) is 37.5 Å². The second-order valence-corrected chi connectivity index (χ2v) is 7.31. The van der Waals surface area contributed by atoms with Crippen molar-refractivity contribution in [3.05, 3.63) is 22.8 Å². The van der Waals surface area contributed by atoms with Gasteiger partial charge in [-0.25, -0.2) is 4.52 Å². The Kier molecular flexibility index (Phi) is 3.98. The van der Waals surface area contributed by atoms with Gasteiger partial charge in [0.1, 0.15) is 0 Å². The van der Waals surface area contributed by atoms with Gasteiger partial charge in [0.2, 0.25) is 5.95 Å². The Morgan fingerprint density at radius 1 is 1.47 bits per heavy atom. The van der Waals surface area contributed by atoms with Gasteiger partial charge in [-0.1, -0.05) is 6.92 Å². The van der Waals surface area contributed by atoms with Crippen molar-refractivity contribution in [1.82, 2.24) is 14.6 Å². The average molecular weight is 341 g/mol. The Bertz CT molecular complexity index is 571. The number of hydrogen-bond acceptors (Lipinski definition) is 4. The predicted octanol–water partition coefficient (Wildman–Crippen LogP) is 3.58. The van der Waals surface area contributed by atoms with Gasteiger partial charge in [-0.2, -0.15) is 16.7 Å². The minimum absolute atomic E-state index is 0.518. The van der Waals surface area contributed by atoms with Gasteiger partial charge in [-0.05, 0) is 53.1 Å². The smallest absolute Gasteiger partial charge is 0.243 e. The van der Waals surface area contributed by atoms with Gasteiger partial charge in [0.05, 0.1) is 0 Å². The number of nitrogens with zero attached hydrogens (tertiary/aromatic N) is 3. The fourth-order valence-electron chi connectivity index (χ4n) is 2.56. The fourth-order valence-corrected chi connectivity index (χ4v) is 4.03. The second kappa shape index (κ2) is 5.71. The van der Waals surface area contributed by atoms with Crippen LogP contribution in [0.3, 0.4) is 0 Å². The highest BCUT2D eigenvalue weighted by Gasteiger charge is 2.25. The lowest BCUT2D eigenvalue weighted by molar-refractivity contribution is 0.744. The molecule has 102 valence electrons. The number of pyridine rings is 1. The van der Waals surface area contributed by atoms with Crippen molar-refractivity contribution in [3.63, 3.8) is 0 Å². The zero-order valence-corrected chi connectivity index (χ0v) is 13.2. The van der Waals surface area contributed by atoms with Crippen LogP contribution in [0.25, 0.3) is 5.65 Å². The number of fused-ring (bicyclic) bond motifs is 1. The quantitative estimate of drug-likeness (QED) is 0.923. The Balaban J connectivity index is 1.68. The van der Waals surface area contributed by atoms with Gasteiger partial charge in [0, 0.05) is 22.0 Å². The molecule has 19 heavy (non-hydrogen) atoms. The second-order valence-electron chi connectivity index (χ2n) is 4.82. The molecule has 0 spiro atoms. The first kappa shape index (κ1) is 13.2. The van der Waals surface area contributed by atoms with Gasteiger partial charge >= 0.3 is 0 Å². The molecule has 0 amide bonds. The molecule has 2 aromatic heterocycles. The summed E-state index contributed by atoms with van der Waals surface area (Å²) in [5, 5.41) is 8.73. The zero-order valence-electron chi connectivity index (χ0n) is 10.8. The van der Waals surface area contributed by atoms with Crippen molar-refractivity contribution >= 4 is 39.3 Å². The Labute approximate surface area is 125 Å². The summed E-state index contributed by atoms with van der Waals surface area (Å²) in [5.41, 5.74) is 0.878. The minimum atomic E-state index is 0.518. The maximum Gasteiger partial charge on any atom is 0.243 e. The van der Waals surface area contributed by atoms with Crippen LogP contribution in [0.4, 0.5) is 5.95 Å². The van der Waals surface area contributed by atoms with Gasteiger partial charge in [0.15, 0.2) is 5.65 Å². The van der Waals surface area contributed by atoms with Crippen molar-refractivity contribution in [2.24, 2.45) is 0 Å². The highest BCUT2D eigenvalue weighted by Crippen LogP contribution is 2.31. The summed E-state index contributed by atoms with van der Waals surface area (Å²) in [6, 6.07) is 4.47. The van der Waals surface area contributed by atoms with E-state index in [1.807, 2.05) is 18.3 Å². The largest absolute Gasteiger partial charge is 0.350 e. The van der Waals surface area contributed by atoms with E-state index in [1.165, 1.54) is 25.0 Å². The van der Waals surface area contributed by atoms with E-state index in [-0.39, 0.29) is 0 Å². The summed E-state index contributed by atoms with van der Waals surface area (Å²) in [4.78, 5) is 4.50. The molecule has 3 rings (SSSR count). The number of rotatable bonds is 4. The molecule has 0 aromatic carbocycles. The summed E-state index contributed by atoms with van der Waals surface area (Å²) < 4.78 is 2.82. The van der Waals surface area contributed by atoms with Crippen LogP contribution in [-0.2, 0) is 0 Å². The number of nitrogens with one attached hydrogen (secondary N) is 1. The van der Waals surface area contributed by atoms with E-state index in [1.54, 1.807) is 4.52 Å². The van der Waals surface area contributed by atoms with Crippen LogP contribution in [-0.4, -0.2) is 31.6 Å². The van der Waals surface area contributed by atoms with Crippen LogP contribution in [0.5, 0.6) is 0 Å². The normalized spacial score (nSPS) is 23.1. The molecule has 2 heterocycles. The lowest BCUT2D eigenvalue weighted by atomic mass is 10.2. The monoisotopic (exact) mass is 340 g/mol. The van der Waals surface area contributed by atoms with Crippen molar-refractivity contribution in [2.75, 3.05) is 11.1 Å². The van der Waals surface area contributed by atoms with E-state index >= 15 is 0 Å². The van der Waals surface area contributed by atoms with Gasteiger partial charge in [-0.15, -0.1) is 5.10 Å². The molecule has 0 saturated heterocycles. The van der Waals surface area contributed by atoms with Crippen molar-refractivity contribution in [1.29, 1.82) is 0 Å². The average Bonchev–Trinajstić information content (AvgIpc) is 2.96. The van der Waals surface area contributed by atoms with Gasteiger partial charge in [-0.3, -0.25) is 0 Å². The topological polar surface area (TPSA) is 42.2 Å². The third kappa shape index (κ3) is 3.05. The lowest BCUT2D eigenvalue weighted by Crippen LogP contribution is -2.17. The maximum absolute atomic E-state index is 4.50. The molecule has 1 saturated carbocycles. The molecule has 2 atom stereocenters. The van der Waals surface area contributed by atoms with Crippen LogP contribution in [0.2, 0.25) is 0 Å². The van der Waals surface area contributed by atoms with Gasteiger partial charge in [0.25, 0.3) is 0 Å². The van der Waals surface area contributed by atoms with Crippen LogP contribution in [0.1, 0.15) is 26.2 Å². The Morgan fingerprint density at radius 2 is 2.37 bits per heavy atom. The van der Waals surface area contributed by atoms with E-state index < -0.39 is 0 Å². The summed E-state index contributed by atoms with van der Waals surface area (Å²) in [7, 11) is 0. The fraction of sp³-hybridized carbons (Fsp3) is 0.538. The molecule has 2 unspecified atom stereocenters. The predicted molar refractivity (Wildman–Crippen MR) is 83.9 cm³/mol. The SMILES string of the molecule is CCSC1CCC(Nc2nc3ccc(Br)cn3n2)C1. The highest BCUT2D eigenvalue weighted by molar-refractivity contribution is 9.10. The molecule has 0 aliphatic heterocycles. The van der Waals surface area contributed by atoms with Gasteiger partial charge < -0.3 is 5.32 Å². The molecule has 1 aliphatic carbocycles. The number of aromatic nitrogens is 3. The summed E-state index contributed by atoms with van der Waals surface area (Å²) in [5.74, 6) is 1.95. The third-order valence-corrected chi connectivity index (χ3v) is 5.12. The molecule has 0 radical (unpaired) electrons. The molecular weight excluding hydrogens is 324 g/mol. The van der Waals surface area contributed by atoms with Crippen LogP contribution < -0.4 is 5.32 Å². The van der Waals surface area contributed by atoms with E-state index in [0.717, 1.165) is 21.3 Å².